The highest BCUT2D eigenvalue weighted by atomic mass is 16.5. The maximum absolute atomic E-state index is 12.7. The number of benzene rings is 1. The lowest BCUT2D eigenvalue weighted by Crippen LogP contribution is -2.12. The van der Waals surface area contributed by atoms with Gasteiger partial charge in [0.25, 0.3) is 0 Å². The van der Waals surface area contributed by atoms with E-state index in [1.54, 1.807) is 0 Å². The Labute approximate surface area is 125 Å². The minimum Gasteiger partial charge on any atom is -0.489 e. The number of ketones is 1. The predicted molar refractivity (Wildman–Crippen MR) is 79.9 cm³/mol. The molecule has 3 heteroatoms. The Bertz CT molecular complexity index is 554. The predicted octanol–water partition coefficient (Wildman–Crippen LogP) is 3.71. The minimum absolute atomic E-state index is 0.274. The van der Waals surface area contributed by atoms with Crippen LogP contribution in [0.4, 0.5) is 0 Å². The molecule has 1 heterocycles. The van der Waals surface area contributed by atoms with E-state index < -0.39 is 0 Å². The Morgan fingerprint density at radius 2 is 1.71 bits per heavy atom. The van der Waals surface area contributed by atoms with Gasteiger partial charge in [-0.3, -0.25) is 4.79 Å². The first-order valence-electron chi connectivity index (χ1n) is 8.18. The van der Waals surface area contributed by atoms with Gasteiger partial charge in [-0.1, -0.05) is 19.8 Å². The summed E-state index contributed by atoms with van der Waals surface area (Å²) in [5.74, 6) is 3.78. The van der Waals surface area contributed by atoms with E-state index in [0.29, 0.717) is 36.8 Å². The zero-order valence-electron chi connectivity index (χ0n) is 12.5. The first kappa shape index (κ1) is 13.2. The summed E-state index contributed by atoms with van der Waals surface area (Å²) < 4.78 is 11.5. The van der Waals surface area contributed by atoms with E-state index in [2.05, 4.69) is 6.92 Å². The lowest BCUT2D eigenvalue weighted by molar-refractivity contribution is 0.0956. The quantitative estimate of drug-likeness (QED) is 0.777. The van der Waals surface area contributed by atoms with Crippen molar-refractivity contribution in [3.8, 4) is 11.5 Å². The van der Waals surface area contributed by atoms with Gasteiger partial charge in [0.15, 0.2) is 17.3 Å². The number of hydrogen-bond acceptors (Lipinski definition) is 3. The summed E-state index contributed by atoms with van der Waals surface area (Å²) in [4.78, 5) is 12.7. The molecule has 3 unspecified atom stereocenters. The molecule has 0 saturated heterocycles. The van der Waals surface area contributed by atoms with E-state index in [9.17, 15) is 4.79 Å². The second-order valence-corrected chi connectivity index (χ2v) is 6.89. The monoisotopic (exact) mass is 286 g/mol. The Hall–Kier alpha value is -1.51. The number of Topliss-reactive ketones (excluding diaryl/α,β-unsaturated/α-hetero) is 1. The summed E-state index contributed by atoms with van der Waals surface area (Å²) in [5, 5.41) is 0. The van der Waals surface area contributed by atoms with E-state index >= 15 is 0 Å². The highest BCUT2D eigenvalue weighted by Crippen LogP contribution is 2.56. The fourth-order valence-electron chi connectivity index (χ4n) is 3.98. The molecule has 2 saturated carbocycles. The van der Waals surface area contributed by atoms with Gasteiger partial charge in [-0.15, -0.1) is 0 Å². The molecule has 4 rings (SSSR count). The zero-order valence-corrected chi connectivity index (χ0v) is 12.5. The SMILES string of the molecule is CC1COc2ccc(C(=O)C3C4CCCCC43)cc2OC1. The van der Waals surface area contributed by atoms with Crippen molar-refractivity contribution >= 4 is 5.78 Å². The fraction of sp³-hybridized carbons (Fsp3) is 0.611. The van der Waals surface area contributed by atoms with Crippen molar-refractivity contribution < 1.29 is 14.3 Å². The van der Waals surface area contributed by atoms with Gasteiger partial charge in [0.2, 0.25) is 0 Å². The number of fused-ring (bicyclic) bond motifs is 2. The van der Waals surface area contributed by atoms with Crippen LogP contribution in [0.2, 0.25) is 0 Å². The van der Waals surface area contributed by atoms with Gasteiger partial charge in [0.05, 0.1) is 13.2 Å². The van der Waals surface area contributed by atoms with Crippen molar-refractivity contribution in [2.75, 3.05) is 13.2 Å². The average Bonchev–Trinajstić information content (AvgIpc) is 3.26. The molecule has 2 fully saturated rings. The first-order valence-corrected chi connectivity index (χ1v) is 8.18. The fourth-order valence-corrected chi connectivity index (χ4v) is 3.98. The highest BCUT2D eigenvalue weighted by Gasteiger charge is 2.54. The van der Waals surface area contributed by atoms with Crippen LogP contribution in [0.5, 0.6) is 11.5 Å². The summed E-state index contributed by atoms with van der Waals surface area (Å²) >= 11 is 0. The molecule has 0 aromatic heterocycles. The van der Waals surface area contributed by atoms with Gasteiger partial charge < -0.3 is 9.47 Å². The Morgan fingerprint density at radius 3 is 2.43 bits per heavy atom. The molecule has 3 nitrogen and oxygen atoms in total. The standard InChI is InChI=1S/C18H22O3/c1-11-9-20-15-7-6-12(8-16(15)21-10-11)18(19)17-13-4-2-3-5-14(13)17/h6-8,11,13-14,17H,2-5,9-10H2,1H3. The number of carbonyl (C=O) groups is 1. The molecular weight excluding hydrogens is 264 g/mol. The van der Waals surface area contributed by atoms with Crippen LogP contribution in [-0.2, 0) is 0 Å². The van der Waals surface area contributed by atoms with Gasteiger partial charge in [0, 0.05) is 17.4 Å². The number of rotatable bonds is 2. The molecule has 1 aromatic rings. The molecule has 1 aromatic carbocycles. The van der Waals surface area contributed by atoms with Gasteiger partial charge in [0.1, 0.15) is 0 Å². The van der Waals surface area contributed by atoms with Gasteiger partial charge >= 0.3 is 0 Å². The average molecular weight is 286 g/mol. The molecular formula is C18H22O3. The van der Waals surface area contributed by atoms with Crippen molar-refractivity contribution in [1.29, 1.82) is 0 Å². The van der Waals surface area contributed by atoms with E-state index in [-0.39, 0.29) is 5.92 Å². The molecule has 3 atom stereocenters. The highest BCUT2D eigenvalue weighted by molar-refractivity contribution is 6.00. The van der Waals surface area contributed by atoms with Crippen molar-refractivity contribution in [2.45, 2.75) is 32.6 Å². The van der Waals surface area contributed by atoms with Gasteiger partial charge in [-0.25, -0.2) is 0 Å². The third-order valence-corrected chi connectivity index (χ3v) is 5.23. The van der Waals surface area contributed by atoms with Crippen LogP contribution < -0.4 is 9.47 Å². The van der Waals surface area contributed by atoms with Gasteiger partial charge in [-0.05, 0) is 42.9 Å². The minimum atomic E-state index is 0.274. The molecule has 112 valence electrons. The molecule has 0 bridgehead atoms. The third-order valence-electron chi connectivity index (χ3n) is 5.23. The molecule has 3 aliphatic rings. The topological polar surface area (TPSA) is 35.5 Å². The van der Waals surface area contributed by atoms with Crippen molar-refractivity contribution in [3.05, 3.63) is 23.8 Å². The Kier molecular flexibility index (Phi) is 3.16. The maximum atomic E-state index is 12.7. The summed E-state index contributed by atoms with van der Waals surface area (Å²) in [6, 6.07) is 5.69. The van der Waals surface area contributed by atoms with E-state index in [1.807, 2.05) is 18.2 Å². The number of carbonyl (C=O) groups excluding carboxylic acids is 1. The van der Waals surface area contributed by atoms with Crippen LogP contribution in [0, 0.1) is 23.7 Å². The van der Waals surface area contributed by atoms with Crippen LogP contribution in [-0.4, -0.2) is 19.0 Å². The smallest absolute Gasteiger partial charge is 0.166 e. The normalized spacial score (nSPS) is 33.8. The van der Waals surface area contributed by atoms with Crippen molar-refractivity contribution in [2.24, 2.45) is 23.7 Å². The van der Waals surface area contributed by atoms with E-state index in [0.717, 1.165) is 17.1 Å². The summed E-state index contributed by atoms with van der Waals surface area (Å²) in [6.45, 7) is 3.43. The molecule has 1 aliphatic heterocycles. The van der Waals surface area contributed by atoms with Crippen molar-refractivity contribution in [1.82, 2.24) is 0 Å². The van der Waals surface area contributed by atoms with Crippen LogP contribution >= 0.6 is 0 Å². The molecule has 2 aliphatic carbocycles. The van der Waals surface area contributed by atoms with Crippen LogP contribution in [0.3, 0.4) is 0 Å². The molecule has 0 amide bonds. The molecule has 0 N–H and O–H groups in total. The molecule has 21 heavy (non-hydrogen) atoms. The number of hydrogen-bond donors (Lipinski definition) is 0. The Balaban J connectivity index is 1.55. The summed E-state index contributed by atoms with van der Waals surface area (Å²) in [5.41, 5.74) is 0.798. The maximum Gasteiger partial charge on any atom is 0.166 e. The molecule has 0 radical (unpaired) electrons. The molecule has 0 spiro atoms. The first-order chi connectivity index (χ1) is 10.2. The second-order valence-electron chi connectivity index (χ2n) is 6.89. The second kappa shape index (κ2) is 5.04. The Morgan fingerprint density at radius 1 is 1.05 bits per heavy atom. The van der Waals surface area contributed by atoms with E-state index in [4.69, 9.17) is 9.47 Å². The zero-order chi connectivity index (χ0) is 14.4. The largest absolute Gasteiger partial charge is 0.489 e. The number of ether oxygens (including phenoxy) is 2. The van der Waals surface area contributed by atoms with Gasteiger partial charge in [-0.2, -0.15) is 0 Å². The van der Waals surface area contributed by atoms with Crippen molar-refractivity contribution in [3.63, 3.8) is 0 Å². The van der Waals surface area contributed by atoms with Crippen LogP contribution in [0.15, 0.2) is 18.2 Å². The van der Waals surface area contributed by atoms with E-state index in [1.165, 1.54) is 25.7 Å². The lowest BCUT2D eigenvalue weighted by atomic mass is 10.0. The lowest BCUT2D eigenvalue weighted by Gasteiger charge is -2.08. The van der Waals surface area contributed by atoms with Crippen LogP contribution in [0.25, 0.3) is 0 Å². The van der Waals surface area contributed by atoms with Crippen LogP contribution in [0.1, 0.15) is 43.0 Å². The summed E-state index contributed by atoms with van der Waals surface area (Å²) in [6.07, 6.45) is 5.07. The summed E-state index contributed by atoms with van der Waals surface area (Å²) in [7, 11) is 0. The third kappa shape index (κ3) is 2.33.